The molecule has 2 rings (SSSR count). The third-order valence-electron chi connectivity index (χ3n) is 4.31. The fourth-order valence-electron chi connectivity index (χ4n) is 3.22. The molecule has 0 radical (unpaired) electrons. The van der Waals surface area contributed by atoms with Gasteiger partial charge in [-0.2, -0.15) is 8.42 Å². The van der Waals surface area contributed by atoms with E-state index in [-0.39, 0.29) is 32.7 Å². The van der Waals surface area contributed by atoms with Crippen LogP contribution in [0.25, 0.3) is 0 Å². The minimum atomic E-state index is -4.15. The van der Waals surface area contributed by atoms with Crippen molar-refractivity contribution < 1.29 is 33.4 Å². The van der Waals surface area contributed by atoms with Crippen LogP contribution in [0.15, 0.2) is 41.3 Å². The van der Waals surface area contributed by atoms with Crippen molar-refractivity contribution in [3.05, 3.63) is 60.8 Å². The summed E-state index contributed by atoms with van der Waals surface area (Å²) in [6.45, 7) is 14.5. The zero-order valence-corrected chi connectivity index (χ0v) is 22.1. The number of benzene rings is 1. The minimum absolute atomic E-state index is 0. The molecule has 0 aliphatic carbocycles. The Bertz CT molecular complexity index is 830. The topological polar surface area (TPSA) is 67.3 Å². The maximum absolute atomic E-state index is 11.6. The Hall–Kier alpha value is -0.628. The van der Waals surface area contributed by atoms with Crippen molar-refractivity contribution in [2.75, 3.05) is 0 Å². The molecule has 1 N–H and O–H groups in total. The molecule has 0 saturated heterocycles. The molecule has 0 aliphatic heterocycles. The van der Waals surface area contributed by atoms with Gasteiger partial charge in [-0.05, 0) is 77.8 Å². The summed E-state index contributed by atoms with van der Waals surface area (Å²) in [4.78, 5) is 4.27. The van der Waals surface area contributed by atoms with E-state index in [0.717, 1.165) is 28.7 Å². The van der Waals surface area contributed by atoms with Gasteiger partial charge in [-0.25, -0.2) is 0 Å². The molecule has 2 aromatic rings. The SMILES string of the molecule is CCc1ccc(S(=O)(=O)O)c([PH+](C(C)C)C(C)C)c1.Cc1cccc(C)n1.[CH3-].[Pd]. The molecule has 1 aromatic heterocycles. The summed E-state index contributed by atoms with van der Waals surface area (Å²) in [6, 6.07) is 11.3. The Balaban J connectivity index is 0. The molecule has 1 aromatic carbocycles. The molecular formula is C22H36NO3PPdS. The normalized spacial score (nSPS) is 10.9. The van der Waals surface area contributed by atoms with Crippen molar-refractivity contribution in [2.45, 2.75) is 71.1 Å². The molecule has 0 aliphatic rings. The zero-order valence-electron chi connectivity index (χ0n) is 18.8. The predicted molar refractivity (Wildman–Crippen MR) is 124 cm³/mol. The van der Waals surface area contributed by atoms with Gasteiger partial charge in [-0.3, -0.25) is 9.54 Å². The molecule has 0 unspecified atom stereocenters. The van der Waals surface area contributed by atoms with Crippen molar-refractivity contribution in [3.63, 3.8) is 0 Å². The summed E-state index contributed by atoms with van der Waals surface area (Å²) in [5.41, 5.74) is 4.12. The summed E-state index contributed by atoms with van der Waals surface area (Å²) in [7, 11) is -5.18. The van der Waals surface area contributed by atoms with Gasteiger partial charge in [-0.1, -0.05) is 19.1 Å². The molecule has 7 heteroatoms. The van der Waals surface area contributed by atoms with E-state index in [4.69, 9.17) is 0 Å². The van der Waals surface area contributed by atoms with Crippen molar-refractivity contribution in [1.82, 2.24) is 4.98 Å². The molecule has 0 saturated carbocycles. The van der Waals surface area contributed by atoms with E-state index in [1.54, 1.807) is 12.1 Å². The summed E-state index contributed by atoms with van der Waals surface area (Å²) in [5, 5.41) is 0.844. The molecule has 1 heterocycles. The van der Waals surface area contributed by atoms with Gasteiger partial charge >= 0.3 is 0 Å². The van der Waals surface area contributed by atoms with E-state index >= 15 is 0 Å². The average molecular weight is 532 g/mol. The largest absolute Gasteiger partial charge is 0.358 e. The fourth-order valence-corrected chi connectivity index (χ4v) is 7.83. The first kappa shape index (κ1) is 30.6. The van der Waals surface area contributed by atoms with Gasteiger partial charge in [0.05, 0.1) is 11.3 Å². The number of hydrogen-bond acceptors (Lipinski definition) is 3. The molecule has 0 atom stereocenters. The Labute approximate surface area is 193 Å². The Morgan fingerprint density at radius 2 is 1.48 bits per heavy atom. The Kier molecular flexibility index (Phi) is 14.4. The van der Waals surface area contributed by atoms with Crippen LogP contribution in [-0.4, -0.2) is 29.3 Å². The van der Waals surface area contributed by atoms with Crippen LogP contribution in [0.4, 0.5) is 0 Å². The van der Waals surface area contributed by atoms with E-state index in [2.05, 4.69) is 32.7 Å². The molecular weight excluding hydrogens is 496 g/mol. The van der Waals surface area contributed by atoms with Gasteiger partial charge in [0.1, 0.15) is 10.2 Å². The van der Waals surface area contributed by atoms with Crippen molar-refractivity contribution >= 4 is 23.3 Å². The number of rotatable bonds is 5. The van der Waals surface area contributed by atoms with E-state index < -0.39 is 18.0 Å². The van der Waals surface area contributed by atoms with E-state index in [1.165, 1.54) is 0 Å². The Morgan fingerprint density at radius 3 is 1.79 bits per heavy atom. The Morgan fingerprint density at radius 1 is 1.00 bits per heavy atom. The number of aromatic nitrogens is 1. The first-order chi connectivity index (χ1) is 12.5. The monoisotopic (exact) mass is 531 g/mol. The van der Waals surface area contributed by atoms with E-state index in [1.807, 2.05) is 45.0 Å². The number of aryl methyl sites for hydroxylation is 3. The van der Waals surface area contributed by atoms with Crippen molar-refractivity contribution in [2.24, 2.45) is 0 Å². The second-order valence-corrected chi connectivity index (χ2v) is 12.5. The smallest absolute Gasteiger partial charge is 0.298 e. The van der Waals surface area contributed by atoms with E-state index in [0.29, 0.717) is 11.3 Å². The van der Waals surface area contributed by atoms with Gasteiger partial charge in [-0.15, -0.1) is 0 Å². The number of pyridine rings is 1. The third kappa shape index (κ3) is 9.81. The number of hydrogen-bond donors (Lipinski definition) is 1. The fraction of sp³-hybridized carbons (Fsp3) is 0.455. The van der Waals surface area contributed by atoms with E-state index in [9.17, 15) is 13.0 Å². The third-order valence-corrected chi connectivity index (χ3v) is 8.93. The predicted octanol–water partition coefficient (Wildman–Crippen LogP) is 5.30. The van der Waals surface area contributed by atoms with Gasteiger partial charge < -0.3 is 7.43 Å². The van der Waals surface area contributed by atoms with Crippen molar-refractivity contribution in [3.8, 4) is 0 Å². The average Bonchev–Trinajstić information content (AvgIpc) is 2.53. The minimum Gasteiger partial charge on any atom is -0.358 e. The molecule has 0 spiro atoms. The second kappa shape index (κ2) is 13.6. The standard InChI is InChI=1S/C14H23O3PS.C7H9N.CH3.Pd/c1-6-12-7-8-14(19(15,16)17)13(9-12)18(10(2)3)11(4)5;1-6-4-3-5-7(2)8-6;;/h7-11H,6H2,1-5H3,(H,15,16,17);3-5H,1-2H3;1H3;/q;;-1;/p+1. The molecule has 0 amide bonds. The first-order valence-electron chi connectivity index (χ1n) is 9.35. The molecule has 168 valence electrons. The maximum atomic E-state index is 11.6. The van der Waals surface area contributed by atoms with Crippen LogP contribution in [0.1, 0.15) is 51.6 Å². The van der Waals surface area contributed by atoms with Gasteiger partial charge in [0.25, 0.3) is 10.1 Å². The van der Waals surface area contributed by atoms with Crippen LogP contribution in [0, 0.1) is 21.3 Å². The quantitative estimate of drug-likeness (QED) is 0.246. The van der Waals surface area contributed by atoms with Crippen LogP contribution in [-0.2, 0) is 37.0 Å². The van der Waals surface area contributed by atoms with Crippen molar-refractivity contribution in [1.29, 1.82) is 0 Å². The number of nitrogens with zero attached hydrogens (tertiary/aromatic N) is 1. The molecule has 0 fully saturated rings. The summed E-state index contributed by atoms with van der Waals surface area (Å²) in [6.07, 6.45) is 0.865. The molecule has 29 heavy (non-hydrogen) atoms. The van der Waals surface area contributed by atoms with Crippen LogP contribution in [0.5, 0.6) is 0 Å². The van der Waals surface area contributed by atoms with Gasteiger partial charge in [0.2, 0.25) is 0 Å². The first-order valence-corrected chi connectivity index (χ1v) is 12.4. The van der Waals surface area contributed by atoms with Crippen LogP contribution >= 0.6 is 7.92 Å². The summed E-state index contributed by atoms with van der Waals surface area (Å²) < 4.78 is 32.6. The zero-order chi connectivity index (χ0) is 20.8. The molecule has 0 bridgehead atoms. The second-order valence-electron chi connectivity index (χ2n) is 7.34. The maximum Gasteiger partial charge on any atom is 0.298 e. The van der Waals surface area contributed by atoms with Crippen LogP contribution in [0.2, 0.25) is 0 Å². The molecule has 4 nitrogen and oxygen atoms in total. The van der Waals surface area contributed by atoms with Gasteiger partial charge in [0, 0.05) is 39.7 Å². The van der Waals surface area contributed by atoms with Crippen LogP contribution in [0.3, 0.4) is 0 Å². The van der Waals surface area contributed by atoms with Gasteiger partial charge in [0.15, 0.2) is 0 Å². The summed E-state index contributed by atoms with van der Waals surface area (Å²) >= 11 is 0. The van der Waals surface area contributed by atoms with Crippen LogP contribution < -0.4 is 5.30 Å². The summed E-state index contributed by atoms with van der Waals surface area (Å²) in [5.74, 6) is 0.